The van der Waals surface area contributed by atoms with Gasteiger partial charge in [0.05, 0.1) is 12.4 Å². The maximum absolute atomic E-state index is 11.9. The second kappa shape index (κ2) is 6.53. The number of nitrogens with one attached hydrogen (secondary N) is 1. The van der Waals surface area contributed by atoms with Gasteiger partial charge in [0.15, 0.2) is 0 Å². The summed E-state index contributed by atoms with van der Waals surface area (Å²) < 4.78 is 30.8. The summed E-state index contributed by atoms with van der Waals surface area (Å²) in [4.78, 5) is 11.4. The topological polar surface area (TPSA) is 98.5 Å². The molecule has 1 unspecified atom stereocenters. The number of ether oxygens (including phenoxy) is 1. The number of nitrogens with two attached hydrogens (primary N) is 1. The molecule has 1 aromatic carbocycles. The van der Waals surface area contributed by atoms with Crippen LogP contribution in [0.5, 0.6) is 0 Å². The van der Waals surface area contributed by atoms with Crippen molar-refractivity contribution < 1.29 is 17.9 Å². The van der Waals surface area contributed by atoms with Gasteiger partial charge in [-0.3, -0.25) is 4.79 Å². The summed E-state index contributed by atoms with van der Waals surface area (Å²) in [7, 11) is -3.65. The van der Waals surface area contributed by atoms with Gasteiger partial charge in [-0.25, -0.2) is 13.1 Å². The van der Waals surface area contributed by atoms with Crippen LogP contribution in [0.4, 0.5) is 5.69 Å². The fourth-order valence-electron chi connectivity index (χ4n) is 1.50. The molecule has 6 nitrogen and oxygen atoms in total. The van der Waals surface area contributed by atoms with Gasteiger partial charge in [0, 0.05) is 5.69 Å². The van der Waals surface area contributed by atoms with Gasteiger partial charge in [-0.05, 0) is 25.5 Å². The minimum atomic E-state index is -3.65. The molecule has 0 aliphatic carbocycles. The Hall–Kier alpha value is -1.60. The van der Waals surface area contributed by atoms with Gasteiger partial charge in [0.1, 0.15) is 6.04 Å². The smallest absolute Gasteiger partial charge is 0.323 e. The number of sulfonamides is 1. The van der Waals surface area contributed by atoms with Gasteiger partial charge >= 0.3 is 5.97 Å². The number of carbonyl (C=O) groups excluding carboxylic acids is 1. The second-order valence-electron chi connectivity index (χ2n) is 4.05. The van der Waals surface area contributed by atoms with Crippen LogP contribution in [-0.2, 0) is 25.3 Å². The first-order valence-corrected chi connectivity index (χ1v) is 7.51. The van der Waals surface area contributed by atoms with Crippen molar-refractivity contribution in [2.24, 2.45) is 0 Å². The van der Waals surface area contributed by atoms with E-state index in [4.69, 9.17) is 10.5 Å². The predicted molar refractivity (Wildman–Crippen MR) is 72.7 cm³/mol. The first-order valence-electron chi connectivity index (χ1n) is 5.85. The molecule has 106 valence electrons. The summed E-state index contributed by atoms with van der Waals surface area (Å²) in [6.45, 7) is 3.30. The van der Waals surface area contributed by atoms with Crippen LogP contribution in [0.15, 0.2) is 24.3 Å². The lowest BCUT2D eigenvalue weighted by molar-refractivity contribution is -0.144. The van der Waals surface area contributed by atoms with Crippen molar-refractivity contribution in [3.63, 3.8) is 0 Å². The molecule has 0 saturated heterocycles. The number of nitrogen functional groups attached to an aromatic ring is 1. The summed E-state index contributed by atoms with van der Waals surface area (Å²) in [6, 6.07) is 5.76. The number of hydrogen-bond donors (Lipinski definition) is 2. The maximum atomic E-state index is 11.9. The summed E-state index contributed by atoms with van der Waals surface area (Å²) in [5, 5.41) is 0. The molecule has 0 amide bonds. The van der Waals surface area contributed by atoms with Crippen molar-refractivity contribution in [3.8, 4) is 0 Å². The third-order valence-corrected chi connectivity index (χ3v) is 3.80. The van der Waals surface area contributed by atoms with E-state index in [1.807, 2.05) is 0 Å². The van der Waals surface area contributed by atoms with Gasteiger partial charge in [-0.1, -0.05) is 18.2 Å². The van der Waals surface area contributed by atoms with Crippen molar-refractivity contribution in [2.75, 3.05) is 12.3 Å². The zero-order chi connectivity index (χ0) is 14.5. The van der Waals surface area contributed by atoms with E-state index in [1.54, 1.807) is 31.2 Å². The normalized spacial score (nSPS) is 12.9. The standard InChI is InChI=1S/C12H18N2O4S/c1-3-18-12(15)9(2)14-19(16,17)8-10-6-4-5-7-11(10)13/h4-7,9,14H,3,8,13H2,1-2H3. The van der Waals surface area contributed by atoms with Crippen LogP contribution in [0.25, 0.3) is 0 Å². The summed E-state index contributed by atoms with van der Waals surface area (Å²) in [6.07, 6.45) is 0. The van der Waals surface area contributed by atoms with E-state index in [2.05, 4.69) is 4.72 Å². The number of anilines is 1. The average molecular weight is 286 g/mol. The molecule has 0 spiro atoms. The van der Waals surface area contributed by atoms with Gasteiger partial charge in [0.2, 0.25) is 10.0 Å². The Labute approximate surface area is 113 Å². The minimum absolute atomic E-state index is 0.205. The van der Waals surface area contributed by atoms with Crippen LogP contribution in [0.2, 0.25) is 0 Å². The molecule has 0 radical (unpaired) electrons. The van der Waals surface area contributed by atoms with Crippen LogP contribution >= 0.6 is 0 Å². The van der Waals surface area contributed by atoms with Gasteiger partial charge in [-0.2, -0.15) is 0 Å². The first kappa shape index (κ1) is 15.5. The molecular weight excluding hydrogens is 268 g/mol. The zero-order valence-corrected chi connectivity index (χ0v) is 11.7. The number of esters is 1. The highest BCUT2D eigenvalue weighted by atomic mass is 32.2. The third-order valence-electron chi connectivity index (χ3n) is 2.40. The SMILES string of the molecule is CCOC(=O)C(C)NS(=O)(=O)Cc1ccccc1N. The van der Waals surface area contributed by atoms with Crippen LogP contribution < -0.4 is 10.5 Å². The summed E-state index contributed by atoms with van der Waals surface area (Å²) >= 11 is 0. The van der Waals surface area contributed by atoms with Crippen LogP contribution in [0.1, 0.15) is 19.4 Å². The molecule has 0 aromatic heterocycles. The number of carbonyl (C=O) groups is 1. The lowest BCUT2D eigenvalue weighted by Crippen LogP contribution is -2.40. The fraction of sp³-hybridized carbons (Fsp3) is 0.417. The Morgan fingerprint density at radius 1 is 1.42 bits per heavy atom. The molecule has 0 aliphatic heterocycles. The van der Waals surface area contributed by atoms with Gasteiger partial charge < -0.3 is 10.5 Å². The number of benzene rings is 1. The molecule has 0 bridgehead atoms. The Balaban J connectivity index is 2.72. The van der Waals surface area contributed by atoms with Crippen molar-refractivity contribution in [1.82, 2.24) is 4.72 Å². The Bertz CT molecular complexity index is 542. The summed E-state index contributed by atoms with van der Waals surface area (Å²) in [5.74, 6) is -0.879. The molecule has 1 aromatic rings. The summed E-state index contributed by atoms with van der Waals surface area (Å²) in [5.41, 5.74) is 6.57. The zero-order valence-electron chi connectivity index (χ0n) is 10.9. The quantitative estimate of drug-likeness (QED) is 0.590. The molecule has 0 aliphatic rings. The molecule has 0 heterocycles. The van der Waals surface area contributed by atoms with Crippen molar-refractivity contribution in [1.29, 1.82) is 0 Å². The van der Waals surface area contributed by atoms with Crippen molar-refractivity contribution >= 4 is 21.7 Å². The third kappa shape index (κ3) is 4.88. The highest BCUT2D eigenvalue weighted by Crippen LogP contribution is 2.13. The van der Waals surface area contributed by atoms with E-state index < -0.39 is 22.0 Å². The number of hydrogen-bond acceptors (Lipinski definition) is 5. The molecular formula is C12H18N2O4S. The molecule has 3 N–H and O–H groups in total. The fourth-order valence-corrected chi connectivity index (χ4v) is 2.89. The highest BCUT2D eigenvalue weighted by molar-refractivity contribution is 7.88. The molecule has 19 heavy (non-hydrogen) atoms. The Morgan fingerprint density at radius 3 is 2.63 bits per heavy atom. The van der Waals surface area contributed by atoms with Crippen molar-refractivity contribution in [2.45, 2.75) is 25.6 Å². The predicted octanol–water partition coefficient (Wildman–Crippen LogP) is 0.640. The van der Waals surface area contributed by atoms with Crippen LogP contribution in [-0.4, -0.2) is 27.0 Å². The van der Waals surface area contributed by atoms with E-state index in [1.165, 1.54) is 6.92 Å². The minimum Gasteiger partial charge on any atom is -0.465 e. The molecule has 7 heteroatoms. The molecule has 1 rings (SSSR count). The Morgan fingerprint density at radius 2 is 2.05 bits per heavy atom. The second-order valence-corrected chi connectivity index (χ2v) is 5.80. The van der Waals surface area contributed by atoms with Gasteiger partial charge in [0.25, 0.3) is 0 Å². The highest BCUT2D eigenvalue weighted by Gasteiger charge is 2.22. The van der Waals surface area contributed by atoms with Crippen LogP contribution in [0, 0.1) is 0 Å². The molecule has 0 saturated carbocycles. The van der Waals surface area contributed by atoms with E-state index in [-0.39, 0.29) is 12.4 Å². The molecule has 1 atom stereocenters. The first-order chi connectivity index (χ1) is 8.85. The maximum Gasteiger partial charge on any atom is 0.323 e. The van der Waals surface area contributed by atoms with Crippen LogP contribution in [0.3, 0.4) is 0 Å². The largest absolute Gasteiger partial charge is 0.465 e. The van der Waals surface area contributed by atoms with E-state index in [9.17, 15) is 13.2 Å². The van der Waals surface area contributed by atoms with E-state index in [0.717, 1.165) is 0 Å². The lowest BCUT2D eigenvalue weighted by atomic mass is 10.2. The van der Waals surface area contributed by atoms with Gasteiger partial charge in [-0.15, -0.1) is 0 Å². The van der Waals surface area contributed by atoms with E-state index >= 15 is 0 Å². The monoisotopic (exact) mass is 286 g/mol. The Kier molecular flexibility index (Phi) is 5.31. The lowest BCUT2D eigenvalue weighted by Gasteiger charge is -2.13. The number of para-hydroxylation sites is 1. The molecule has 0 fully saturated rings. The average Bonchev–Trinajstić information content (AvgIpc) is 2.31. The van der Waals surface area contributed by atoms with Crippen molar-refractivity contribution in [3.05, 3.63) is 29.8 Å². The number of rotatable bonds is 6. The van der Waals surface area contributed by atoms with E-state index in [0.29, 0.717) is 11.3 Å².